The van der Waals surface area contributed by atoms with Crippen molar-refractivity contribution in [3.8, 4) is 5.69 Å². The van der Waals surface area contributed by atoms with E-state index in [1.807, 2.05) is 37.3 Å². The highest BCUT2D eigenvalue weighted by molar-refractivity contribution is 7.99. The molecule has 1 fully saturated rings. The van der Waals surface area contributed by atoms with Crippen LogP contribution >= 0.6 is 11.8 Å². The fourth-order valence-corrected chi connectivity index (χ4v) is 4.37. The number of carbonyl (C=O) groups is 1. The Bertz CT molecular complexity index is 1100. The molecule has 164 valence electrons. The van der Waals surface area contributed by atoms with E-state index in [-0.39, 0.29) is 24.0 Å². The van der Waals surface area contributed by atoms with Crippen molar-refractivity contribution in [2.45, 2.75) is 44.0 Å². The summed E-state index contributed by atoms with van der Waals surface area (Å²) in [6.07, 6.45) is 2.43. The zero-order valence-electron chi connectivity index (χ0n) is 17.5. The standard InChI is InChI=1S/C20H25N7O3S/c1-14-18(19(29)27(25(14)2)15-7-4-3-5-8-15)21-17(28)10-12-31-20-22-23-24-26(20)13-16-9-6-11-30-16/h3-5,7-8,16H,6,9-13H2,1-2H3,(H,21,28). The predicted octanol–water partition coefficient (Wildman–Crippen LogP) is 1.77. The van der Waals surface area contributed by atoms with Gasteiger partial charge in [-0.05, 0) is 42.3 Å². The number of aromatic nitrogens is 6. The highest BCUT2D eigenvalue weighted by Crippen LogP contribution is 2.19. The van der Waals surface area contributed by atoms with Gasteiger partial charge in [0.2, 0.25) is 11.1 Å². The molecule has 11 heteroatoms. The summed E-state index contributed by atoms with van der Waals surface area (Å²) in [7, 11) is 1.79. The van der Waals surface area contributed by atoms with Gasteiger partial charge < -0.3 is 10.1 Å². The second-order valence-electron chi connectivity index (χ2n) is 7.36. The Morgan fingerprint density at radius 3 is 2.87 bits per heavy atom. The van der Waals surface area contributed by atoms with E-state index in [0.29, 0.717) is 28.8 Å². The van der Waals surface area contributed by atoms with Crippen molar-refractivity contribution in [2.75, 3.05) is 17.7 Å². The summed E-state index contributed by atoms with van der Waals surface area (Å²) < 4.78 is 10.6. The van der Waals surface area contributed by atoms with Crippen molar-refractivity contribution in [3.05, 3.63) is 46.4 Å². The van der Waals surface area contributed by atoms with Gasteiger partial charge in [0.05, 0.1) is 24.0 Å². The lowest BCUT2D eigenvalue weighted by Crippen LogP contribution is -2.23. The van der Waals surface area contributed by atoms with Gasteiger partial charge in [-0.1, -0.05) is 30.0 Å². The molecular weight excluding hydrogens is 418 g/mol. The van der Waals surface area contributed by atoms with Crippen molar-refractivity contribution in [3.63, 3.8) is 0 Å². The van der Waals surface area contributed by atoms with Crippen molar-refractivity contribution < 1.29 is 9.53 Å². The van der Waals surface area contributed by atoms with E-state index in [4.69, 9.17) is 4.74 Å². The first kappa shape index (κ1) is 21.3. The van der Waals surface area contributed by atoms with Gasteiger partial charge in [-0.2, -0.15) is 0 Å². The molecule has 1 amide bonds. The zero-order valence-corrected chi connectivity index (χ0v) is 18.3. The quantitative estimate of drug-likeness (QED) is 0.529. The molecule has 0 radical (unpaired) electrons. The van der Waals surface area contributed by atoms with Crippen molar-refractivity contribution in [1.29, 1.82) is 0 Å². The highest BCUT2D eigenvalue weighted by atomic mass is 32.2. The number of tetrazole rings is 1. The number of thioether (sulfide) groups is 1. The maximum Gasteiger partial charge on any atom is 0.295 e. The average Bonchev–Trinajstić information content (AvgIpc) is 3.48. The average molecular weight is 444 g/mol. The van der Waals surface area contributed by atoms with Crippen LogP contribution in [-0.4, -0.2) is 53.9 Å². The van der Waals surface area contributed by atoms with E-state index >= 15 is 0 Å². The Kier molecular flexibility index (Phi) is 6.52. The second-order valence-corrected chi connectivity index (χ2v) is 8.42. The van der Waals surface area contributed by atoms with Gasteiger partial charge in [0, 0.05) is 25.8 Å². The molecule has 1 atom stereocenters. The van der Waals surface area contributed by atoms with Crippen molar-refractivity contribution >= 4 is 23.4 Å². The van der Waals surface area contributed by atoms with Gasteiger partial charge in [-0.15, -0.1) is 5.10 Å². The SMILES string of the molecule is Cc1c(NC(=O)CCSc2nnnn2CC2CCCO2)c(=O)n(-c2ccccc2)n1C. The lowest BCUT2D eigenvalue weighted by molar-refractivity contribution is -0.115. The van der Waals surface area contributed by atoms with Crippen LogP contribution in [0.1, 0.15) is 25.0 Å². The molecule has 0 aliphatic carbocycles. The summed E-state index contributed by atoms with van der Waals surface area (Å²) in [6, 6.07) is 9.33. The summed E-state index contributed by atoms with van der Waals surface area (Å²) in [5.74, 6) is 0.271. The second kappa shape index (κ2) is 9.48. The van der Waals surface area contributed by atoms with Crippen LogP contribution in [0.3, 0.4) is 0 Å². The Balaban J connectivity index is 1.36. The fraction of sp³-hybridized carbons (Fsp3) is 0.450. The Morgan fingerprint density at radius 2 is 2.13 bits per heavy atom. The first-order valence-electron chi connectivity index (χ1n) is 10.2. The van der Waals surface area contributed by atoms with Gasteiger partial charge in [0.25, 0.3) is 5.56 Å². The number of para-hydroxylation sites is 1. The smallest absolute Gasteiger partial charge is 0.295 e. The van der Waals surface area contributed by atoms with Crippen LogP contribution in [0.15, 0.2) is 40.3 Å². The number of ether oxygens (including phenoxy) is 1. The van der Waals surface area contributed by atoms with Crippen LogP contribution in [0.2, 0.25) is 0 Å². The number of anilines is 1. The number of carbonyl (C=O) groups excluding carboxylic acids is 1. The summed E-state index contributed by atoms with van der Waals surface area (Å²) in [5.41, 5.74) is 1.47. The largest absolute Gasteiger partial charge is 0.376 e. The van der Waals surface area contributed by atoms with Crippen LogP contribution < -0.4 is 10.9 Å². The topological polar surface area (TPSA) is 109 Å². The summed E-state index contributed by atoms with van der Waals surface area (Å²) >= 11 is 1.41. The van der Waals surface area contributed by atoms with Gasteiger partial charge in [0.15, 0.2) is 0 Å². The molecule has 1 aromatic carbocycles. The number of rotatable bonds is 8. The minimum absolute atomic E-state index is 0.138. The number of nitrogens with one attached hydrogen (secondary N) is 1. The van der Waals surface area contributed by atoms with Crippen LogP contribution in [0.25, 0.3) is 5.69 Å². The van der Waals surface area contributed by atoms with E-state index in [2.05, 4.69) is 20.8 Å². The first-order valence-corrected chi connectivity index (χ1v) is 11.2. The molecular formula is C20H25N7O3S. The number of benzene rings is 1. The van der Waals surface area contributed by atoms with E-state index in [1.165, 1.54) is 11.8 Å². The molecule has 1 aliphatic rings. The molecule has 4 rings (SSSR count). The van der Waals surface area contributed by atoms with E-state index in [0.717, 1.165) is 25.1 Å². The highest BCUT2D eigenvalue weighted by Gasteiger charge is 2.20. The monoisotopic (exact) mass is 443 g/mol. The number of amides is 1. The van der Waals surface area contributed by atoms with Crippen LogP contribution in [0.4, 0.5) is 5.69 Å². The summed E-state index contributed by atoms with van der Waals surface area (Å²) in [6.45, 7) is 3.20. The Morgan fingerprint density at radius 1 is 1.32 bits per heavy atom. The van der Waals surface area contributed by atoms with Gasteiger partial charge in [-0.25, -0.2) is 9.36 Å². The van der Waals surface area contributed by atoms with Crippen LogP contribution in [0.5, 0.6) is 0 Å². The summed E-state index contributed by atoms with van der Waals surface area (Å²) in [5, 5.41) is 15.2. The molecule has 0 saturated carbocycles. The van der Waals surface area contributed by atoms with E-state index in [1.54, 1.807) is 21.1 Å². The Labute approximate surface area is 183 Å². The van der Waals surface area contributed by atoms with Gasteiger partial charge in [-0.3, -0.25) is 14.3 Å². The molecule has 10 nitrogen and oxygen atoms in total. The minimum Gasteiger partial charge on any atom is -0.376 e. The van der Waals surface area contributed by atoms with E-state index < -0.39 is 0 Å². The first-order chi connectivity index (χ1) is 15.0. The maximum absolute atomic E-state index is 12.9. The molecule has 31 heavy (non-hydrogen) atoms. The predicted molar refractivity (Wildman–Crippen MR) is 117 cm³/mol. The minimum atomic E-state index is -0.257. The fourth-order valence-electron chi connectivity index (χ4n) is 3.54. The van der Waals surface area contributed by atoms with Crippen LogP contribution in [-0.2, 0) is 23.1 Å². The van der Waals surface area contributed by atoms with Crippen molar-refractivity contribution in [1.82, 2.24) is 29.6 Å². The van der Waals surface area contributed by atoms with Gasteiger partial charge in [0.1, 0.15) is 5.69 Å². The molecule has 1 aliphatic heterocycles. The molecule has 1 N–H and O–H groups in total. The van der Waals surface area contributed by atoms with Gasteiger partial charge >= 0.3 is 0 Å². The third-order valence-electron chi connectivity index (χ3n) is 5.28. The summed E-state index contributed by atoms with van der Waals surface area (Å²) in [4.78, 5) is 25.4. The molecule has 0 bridgehead atoms. The lowest BCUT2D eigenvalue weighted by atomic mass is 10.2. The molecule has 3 heterocycles. The Hall–Kier alpha value is -2.92. The number of hydrogen-bond acceptors (Lipinski definition) is 7. The number of nitrogens with zero attached hydrogens (tertiary/aromatic N) is 6. The van der Waals surface area contributed by atoms with E-state index in [9.17, 15) is 9.59 Å². The van der Waals surface area contributed by atoms with Crippen LogP contribution in [0, 0.1) is 6.92 Å². The molecule has 1 saturated heterocycles. The third kappa shape index (κ3) is 4.72. The third-order valence-corrected chi connectivity index (χ3v) is 6.24. The molecule has 1 unspecified atom stereocenters. The lowest BCUT2D eigenvalue weighted by Gasteiger charge is -2.09. The molecule has 2 aromatic heterocycles. The number of hydrogen-bond donors (Lipinski definition) is 1. The molecule has 0 spiro atoms. The molecule has 3 aromatic rings. The maximum atomic E-state index is 12.9. The normalized spacial score (nSPS) is 16.0. The van der Waals surface area contributed by atoms with Crippen molar-refractivity contribution in [2.24, 2.45) is 7.05 Å². The zero-order chi connectivity index (χ0) is 21.8.